The first-order valence-corrected chi connectivity index (χ1v) is 10.4. The van der Waals surface area contributed by atoms with E-state index in [1.807, 2.05) is 31.2 Å². The van der Waals surface area contributed by atoms with Gasteiger partial charge in [-0.15, -0.1) is 0 Å². The van der Waals surface area contributed by atoms with Crippen LogP contribution < -0.4 is 20.3 Å². The van der Waals surface area contributed by atoms with Gasteiger partial charge in [0.25, 0.3) is 11.1 Å². The van der Waals surface area contributed by atoms with Gasteiger partial charge in [-0.2, -0.15) is 0 Å². The summed E-state index contributed by atoms with van der Waals surface area (Å²) in [5.74, 6) is 0.501. The summed E-state index contributed by atoms with van der Waals surface area (Å²) in [6, 6.07) is 10.8. The van der Waals surface area contributed by atoms with Crippen LogP contribution >= 0.6 is 11.6 Å². The lowest BCUT2D eigenvalue weighted by Gasteiger charge is -2.14. The lowest BCUT2D eigenvalue weighted by Crippen LogP contribution is -2.23. The molecule has 0 bridgehead atoms. The van der Waals surface area contributed by atoms with Crippen molar-refractivity contribution in [3.05, 3.63) is 63.7 Å². The maximum atomic E-state index is 12.8. The average Bonchev–Trinajstić information content (AvgIpc) is 3.25. The largest absolute Gasteiger partial charge is 0.497 e. The van der Waals surface area contributed by atoms with Crippen molar-refractivity contribution in [3.8, 4) is 22.8 Å². The molecule has 0 aliphatic carbocycles. The maximum Gasteiger partial charge on any atom is 0.299 e. The molecule has 0 radical (unpaired) electrons. The number of fused-ring (bicyclic) bond motifs is 1. The second-order valence-electron chi connectivity index (χ2n) is 7.30. The van der Waals surface area contributed by atoms with E-state index in [1.54, 1.807) is 12.1 Å². The molecule has 0 saturated carbocycles. The zero-order valence-electron chi connectivity index (χ0n) is 18.2. The molecule has 9 nitrogen and oxygen atoms in total. The third-order valence-corrected chi connectivity index (χ3v) is 5.40. The molecule has 2 aromatic carbocycles. The molecular formula is C23H21ClN4O5. The van der Waals surface area contributed by atoms with Crippen LogP contribution in [0.4, 0.5) is 5.69 Å². The number of halogens is 1. The van der Waals surface area contributed by atoms with Crippen molar-refractivity contribution in [2.45, 2.75) is 19.9 Å². The first kappa shape index (κ1) is 22.3. The van der Waals surface area contributed by atoms with Crippen LogP contribution in [0, 0.1) is 6.92 Å². The van der Waals surface area contributed by atoms with Crippen molar-refractivity contribution >= 4 is 34.3 Å². The first-order chi connectivity index (χ1) is 15.9. The van der Waals surface area contributed by atoms with E-state index < -0.39 is 5.56 Å². The molecule has 33 heavy (non-hydrogen) atoms. The van der Waals surface area contributed by atoms with Gasteiger partial charge in [0.1, 0.15) is 28.4 Å². The minimum Gasteiger partial charge on any atom is -0.497 e. The van der Waals surface area contributed by atoms with Crippen LogP contribution in [0.25, 0.3) is 22.4 Å². The third kappa shape index (κ3) is 4.54. The Hall–Kier alpha value is -3.85. The third-order valence-electron chi connectivity index (χ3n) is 5.10. The van der Waals surface area contributed by atoms with Gasteiger partial charge in [-0.1, -0.05) is 46.6 Å². The van der Waals surface area contributed by atoms with Crippen LogP contribution in [0.15, 0.2) is 52.0 Å². The van der Waals surface area contributed by atoms with E-state index in [0.717, 1.165) is 11.1 Å². The van der Waals surface area contributed by atoms with Crippen LogP contribution in [-0.2, 0) is 11.3 Å². The lowest BCUT2D eigenvalue weighted by atomic mass is 10.1. The lowest BCUT2D eigenvalue weighted by molar-refractivity contribution is -0.116. The highest BCUT2D eigenvalue weighted by Crippen LogP contribution is 2.36. The molecule has 1 amide bonds. The Balaban J connectivity index is 1.51. The van der Waals surface area contributed by atoms with Crippen molar-refractivity contribution in [2.24, 2.45) is 0 Å². The number of aryl methyl sites for hydroxylation is 2. The maximum absolute atomic E-state index is 12.8. The molecule has 170 valence electrons. The van der Waals surface area contributed by atoms with Gasteiger partial charge in [0.2, 0.25) is 5.91 Å². The van der Waals surface area contributed by atoms with Gasteiger partial charge in [0, 0.05) is 30.7 Å². The number of anilines is 1. The molecule has 4 aromatic rings. The van der Waals surface area contributed by atoms with E-state index in [1.165, 1.54) is 25.1 Å². The Labute approximate surface area is 193 Å². The number of ether oxygens (including phenoxy) is 2. The van der Waals surface area contributed by atoms with E-state index in [4.69, 9.17) is 25.6 Å². The average molecular weight is 469 g/mol. The predicted octanol–water partition coefficient (Wildman–Crippen LogP) is 4.06. The number of hydrogen-bond donors (Lipinski definition) is 1. The standard InChI is InChI=1S/C23H21ClN4O5/c1-13-4-6-14(7-5-13)19-21-22(33-27-19)23(30)28(12-25-21)9-8-18(29)26-20-16(24)10-15(31-2)11-17(20)32-3/h4-7,10-12H,8-9H2,1-3H3,(H,26,29). The fraction of sp³-hybridized carbons (Fsp3) is 0.217. The number of hydrogen-bond acceptors (Lipinski definition) is 7. The highest BCUT2D eigenvalue weighted by atomic mass is 35.5. The van der Waals surface area contributed by atoms with Crippen molar-refractivity contribution in [1.82, 2.24) is 14.7 Å². The number of amides is 1. The monoisotopic (exact) mass is 468 g/mol. The summed E-state index contributed by atoms with van der Waals surface area (Å²) in [4.78, 5) is 29.7. The summed E-state index contributed by atoms with van der Waals surface area (Å²) >= 11 is 6.25. The Morgan fingerprint density at radius 2 is 1.94 bits per heavy atom. The van der Waals surface area contributed by atoms with Gasteiger partial charge < -0.3 is 19.3 Å². The fourth-order valence-corrected chi connectivity index (χ4v) is 3.55. The zero-order chi connectivity index (χ0) is 23.5. The Morgan fingerprint density at radius 1 is 1.18 bits per heavy atom. The van der Waals surface area contributed by atoms with E-state index in [0.29, 0.717) is 28.4 Å². The number of carbonyl (C=O) groups excluding carboxylic acids is 1. The number of aromatic nitrogens is 3. The molecule has 2 aromatic heterocycles. The second kappa shape index (κ2) is 9.33. The van der Waals surface area contributed by atoms with Crippen LogP contribution in [-0.4, -0.2) is 34.8 Å². The van der Waals surface area contributed by atoms with Crippen molar-refractivity contribution < 1.29 is 18.8 Å². The first-order valence-electron chi connectivity index (χ1n) is 10.0. The molecule has 0 unspecified atom stereocenters. The van der Waals surface area contributed by atoms with E-state index in [2.05, 4.69) is 15.5 Å². The molecule has 4 rings (SSSR count). The van der Waals surface area contributed by atoms with Crippen LogP contribution in [0.3, 0.4) is 0 Å². The topological polar surface area (TPSA) is 108 Å². The Morgan fingerprint density at radius 3 is 2.64 bits per heavy atom. The molecule has 2 heterocycles. The summed E-state index contributed by atoms with van der Waals surface area (Å²) in [6.45, 7) is 2.07. The molecule has 0 saturated heterocycles. The van der Waals surface area contributed by atoms with Crippen molar-refractivity contribution in [3.63, 3.8) is 0 Å². The molecule has 0 atom stereocenters. The van der Waals surface area contributed by atoms with Gasteiger partial charge in [0.15, 0.2) is 0 Å². The summed E-state index contributed by atoms with van der Waals surface area (Å²) in [6.07, 6.45) is 1.38. The summed E-state index contributed by atoms with van der Waals surface area (Å²) in [5, 5.41) is 7.01. The van der Waals surface area contributed by atoms with Gasteiger partial charge in [-0.05, 0) is 6.92 Å². The minimum atomic E-state index is -0.418. The molecule has 0 aliphatic rings. The normalized spacial score (nSPS) is 10.9. The Bertz CT molecular complexity index is 1380. The number of methoxy groups -OCH3 is 2. The number of benzene rings is 2. The van der Waals surface area contributed by atoms with Gasteiger partial charge in [-0.25, -0.2) is 4.98 Å². The molecule has 10 heteroatoms. The van der Waals surface area contributed by atoms with Crippen LogP contribution in [0.1, 0.15) is 12.0 Å². The number of nitrogens with zero attached hydrogens (tertiary/aromatic N) is 3. The molecule has 0 spiro atoms. The molecule has 0 aliphatic heterocycles. The van der Waals surface area contributed by atoms with Crippen LogP contribution in [0.5, 0.6) is 11.5 Å². The summed E-state index contributed by atoms with van der Waals surface area (Å²) in [5.41, 5.74) is 2.71. The number of rotatable bonds is 7. The summed E-state index contributed by atoms with van der Waals surface area (Å²) < 4.78 is 17.0. The molecule has 1 N–H and O–H groups in total. The summed E-state index contributed by atoms with van der Waals surface area (Å²) in [7, 11) is 2.97. The second-order valence-corrected chi connectivity index (χ2v) is 7.71. The van der Waals surface area contributed by atoms with E-state index in [-0.39, 0.29) is 29.5 Å². The number of nitrogens with one attached hydrogen (secondary N) is 1. The molecule has 0 fully saturated rings. The smallest absolute Gasteiger partial charge is 0.299 e. The van der Waals surface area contributed by atoms with Gasteiger partial charge in [0.05, 0.1) is 25.6 Å². The fourth-order valence-electron chi connectivity index (χ4n) is 3.30. The number of carbonyl (C=O) groups is 1. The van der Waals surface area contributed by atoms with Gasteiger partial charge >= 0.3 is 0 Å². The molecular weight excluding hydrogens is 448 g/mol. The van der Waals surface area contributed by atoms with Gasteiger partial charge in [-0.3, -0.25) is 14.2 Å². The minimum absolute atomic E-state index is 0.00242. The SMILES string of the molecule is COc1cc(Cl)c(NC(=O)CCn2cnc3c(-c4ccc(C)cc4)noc3c2=O)c(OC)c1. The van der Waals surface area contributed by atoms with Crippen molar-refractivity contribution in [2.75, 3.05) is 19.5 Å². The Kier molecular flexibility index (Phi) is 6.32. The van der Waals surface area contributed by atoms with Crippen molar-refractivity contribution in [1.29, 1.82) is 0 Å². The highest BCUT2D eigenvalue weighted by Gasteiger charge is 2.18. The van der Waals surface area contributed by atoms with Crippen LogP contribution in [0.2, 0.25) is 5.02 Å². The van der Waals surface area contributed by atoms with E-state index in [9.17, 15) is 9.59 Å². The quantitative estimate of drug-likeness (QED) is 0.435. The van der Waals surface area contributed by atoms with E-state index >= 15 is 0 Å². The predicted molar refractivity (Wildman–Crippen MR) is 124 cm³/mol. The highest BCUT2D eigenvalue weighted by molar-refractivity contribution is 6.34. The zero-order valence-corrected chi connectivity index (χ0v) is 19.0.